The van der Waals surface area contributed by atoms with E-state index in [-0.39, 0.29) is 51.4 Å². The van der Waals surface area contributed by atoms with E-state index in [0.29, 0.717) is 19.4 Å². The van der Waals surface area contributed by atoms with Crippen LogP contribution in [-0.4, -0.2) is 29.9 Å². The Kier molecular flexibility index (Phi) is 24.2. The van der Waals surface area contributed by atoms with Crippen molar-refractivity contribution in [3.8, 4) is 0 Å². The Labute approximate surface area is 205 Å². The fourth-order valence-electron chi connectivity index (χ4n) is 3.31. The molecule has 0 saturated heterocycles. The third-order valence-electron chi connectivity index (χ3n) is 4.97. The van der Waals surface area contributed by atoms with Gasteiger partial charge in [0.05, 0.1) is 10.1 Å². The van der Waals surface area contributed by atoms with Crippen molar-refractivity contribution in [1.82, 2.24) is 0 Å². The van der Waals surface area contributed by atoms with Crippen LogP contribution in [0.4, 0.5) is 0 Å². The summed E-state index contributed by atoms with van der Waals surface area (Å²) in [7, 11) is -4.13. The van der Waals surface area contributed by atoms with Crippen LogP contribution < -0.4 is 51.4 Å². The Morgan fingerprint density at radius 1 is 0.692 bits per heavy atom. The Balaban J connectivity index is 0. The fraction of sp³-hybridized carbons (Fsp3) is 1.00. The second kappa shape index (κ2) is 21.2. The predicted octanol–water partition coefficient (Wildman–Crippen LogP) is 2.55. The molecule has 26 heavy (non-hydrogen) atoms. The van der Waals surface area contributed by atoms with Crippen LogP contribution in [0, 0.1) is 0 Å². The third kappa shape index (κ3) is 20.2. The summed E-state index contributed by atoms with van der Waals surface area (Å²) in [5, 5.41) is 8.04. The van der Waals surface area contributed by atoms with E-state index in [1.807, 2.05) is 0 Å². The molecule has 4 nitrogen and oxygen atoms in total. The van der Waals surface area contributed by atoms with Gasteiger partial charge in [0.15, 0.2) is 0 Å². The number of hydrogen-bond acceptors (Lipinski definition) is 4. The van der Waals surface area contributed by atoms with Crippen molar-refractivity contribution in [3.05, 3.63) is 0 Å². The molecule has 1 unspecified atom stereocenters. The normalized spacial score (nSPS) is 12.7. The number of aliphatic hydroxyl groups excluding tert-OH is 1. The Bertz CT molecular complexity index is 374. The van der Waals surface area contributed by atoms with Crippen molar-refractivity contribution in [3.63, 3.8) is 0 Å². The van der Waals surface area contributed by atoms with Crippen LogP contribution in [0.25, 0.3) is 0 Å². The molecule has 0 aromatic carbocycles. The molecule has 152 valence electrons. The van der Waals surface area contributed by atoms with Gasteiger partial charge in [-0.1, -0.05) is 96.8 Å². The fourth-order valence-corrected chi connectivity index (χ4v) is 4.22. The Hall–Kier alpha value is 1.51. The van der Waals surface area contributed by atoms with Gasteiger partial charge in [0.2, 0.25) is 0 Å². The largest absolute Gasteiger partial charge is 1.00 e. The number of hydrogen-bond donors (Lipinski definition) is 1. The molecular weight excluding hydrogens is 375 g/mol. The van der Waals surface area contributed by atoms with Crippen LogP contribution in [0.5, 0.6) is 0 Å². The summed E-state index contributed by atoms with van der Waals surface area (Å²) in [4.78, 5) is 0. The van der Waals surface area contributed by atoms with Crippen molar-refractivity contribution >= 4 is 10.1 Å². The second-order valence-electron chi connectivity index (χ2n) is 7.37. The molecule has 1 N–H and O–H groups in total. The van der Waals surface area contributed by atoms with E-state index in [1.165, 1.54) is 44.9 Å². The van der Waals surface area contributed by atoms with Crippen LogP contribution in [0.3, 0.4) is 0 Å². The summed E-state index contributed by atoms with van der Waals surface area (Å²) in [5.74, 6) is 0. The van der Waals surface area contributed by atoms with E-state index in [9.17, 15) is 13.0 Å². The van der Waals surface area contributed by atoms with Crippen molar-refractivity contribution in [2.45, 2.75) is 121 Å². The van der Waals surface area contributed by atoms with Gasteiger partial charge in [-0.25, -0.2) is 8.42 Å². The molecule has 0 bridgehead atoms. The smallest absolute Gasteiger partial charge is 0.748 e. The molecule has 1 atom stereocenters. The predicted molar refractivity (Wildman–Crippen MR) is 105 cm³/mol. The zero-order chi connectivity index (χ0) is 18.8. The zero-order valence-corrected chi connectivity index (χ0v) is 21.3. The summed E-state index contributed by atoms with van der Waals surface area (Å²) in [5.41, 5.74) is 0. The van der Waals surface area contributed by atoms with E-state index in [2.05, 4.69) is 6.92 Å². The Morgan fingerprint density at radius 2 is 1.04 bits per heavy atom. The van der Waals surface area contributed by atoms with Crippen molar-refractivity contribution in [1.29, 1.82) is 0 Å². The molecule has 0 aliphatic heterocycles. The van der Waals surface area contributed by atoms with E-state index in [0.717, 1.165) is 51.4 Å². The van der Waals surface area contributed by atoms with Crippen molar-refractivity contribution < 1.29 is 69.5 Å². The molecule has 0 amide bonds. The van der Waals surface area contributed by atoms with Crippen LogP contribution in [0.1, 0.15) is 116 Å². The minimum absolute atomic E-state index is 0. The first kappa shape index (κ1) is 29.7. The molecule has 0 aromatic rings. The molecule has 0 aliphatic carbocycles. The first-order valence-electron chi connectivity index (χ1n) is 10.6. The molecule has 6 heteroatoms. The van der Waals surface area contributed by atoms with Gasteiger partial charge >= 0.3 is 51.4 Å². The molecule has 0 fully saturated rings. The van der Waals surface area contributed by atoms with Gasteiger partial charge in [0, 0.05) is 11.9 Å². The van der Waals surface area contributed by atoms with Crippen LogP contribution in [0.2, 0.25) is 0 Å². The Morgan fingerprint density at radius 3 is 1.38 bits per heavy atom. The van der Waals surface area contributed by atoms with E-state index < -0.39 is 15.4 Å². The first-order valence-corrected chi connectivity index (χ1v) is 12.0. The summed E-state index contributed by atoms with van der Waals surface area (Å²) in [6.07, 6.45) is 18.0. The quantitative estimate of drug-likeness (QED) is 0.199. The van der Waals surface area contributed by atoms with Gasteiger partial charge in [-0.05, 0) is 19.3 Å². The zero-order valence-electron chi connectivity index (χ0n) is 17.4. The topological polar surface area (TPSA) is 77.4 Å². The first-order chi connectivity index (χ1) is 12.0. The van der Waals surface area contributed by atoms with Crippen LogP contribution >= 0.6 is 0 Å². The van der Waals surface area contributed by atoms with Crippen LogP contribution in [-0.2, 0) is 10.1 Å². The molecule has 0 aromatic heterocycles. The van der Waals surface area contributed by atoms with Crippen molar-refractivity contribution in [2.75, 3.05) is 6.61 Å². The molecule has 0 radical (unpaired) electrons. The summed E-state index contributed by atoms with van der Waals surface area (Å²) in [6, 6.07) is 0. The van der Waals surface area contributed by atoms with E-state index in [4.69, 9.17) is 5.11 Å². The summed E-state index contributed by atoms with van der Waals surface area (Å²) < 4.78 is 33.9. The average molecular weight is 417 g/mol. The van der Waals surface area contributed by atoms with Crippen LogP contribution in [0.15, 0.2) is 0 Å². The monoisotopic (exact) mass is 416 g/mol. The van der Waals surface area contributed by atoms with Crippen molar-refractivity contribution in [2.24, 2.45) is 0 Å². The molecule has 0 rings (SSSR count). The molecule has 0 saturated carbocycles. The van der Waals surface area contributed by atoms with Gasteiger partial charge in [-0.3, -0.25) is 0 Å². The number of rotatable bonds is 19. The minimum atomic E-state index is -4.13. The van der Waals surface area contributed by atoms with Gasteiger partial charge in [0.25, 0.3) is 0 Å². The minimum Gasteiger partial charge on any atom is -0.748 e. The van der Waals surface area contributed by atoms with Gasteiger partial charge in [-0.2, -0.15) is 0 Å². The molecule has 0 heterocycles. The molecular formula is C20H41KO4S. The maximum Gasteiger partial charge on any atom is 1.00 e. The number of aliphatic hydroxyl groups is 1. The SMILES string of the molecule is CCCCCC(CCCCCCCCCCCCCCO)S(=O)(=O)[O-].[K+]. The standard InChI is InChI=1S/C20H42O4S.K/c1-2-3-14-17-20(25(22,23)24)18-15-12-10-8-6-4-5-7-9-11-13-16-19-21;/h20-21H,2-19H2,1H3,(H,22,23,24);/q;+1/p-1. The van der Waals surface area contributed by atoms with Gasteiger partial charge < -0.3 is 9.66 Å². The average Bonchev–Trinajstić information content (AvgIpc) is 2.56. The van der Waals surface area contributed by atoms with E-state index >= 15 is 0 Å². The number of unbranched alkanes of at least 4 members (excludes halogenated alkanes) is 13. The molecule has 0 spiro atoms. The maximum atomic E-state index is 11.3. The van der Waals surface area contributed by atoms with Gasteiger partial charge in [-0.15, -0.1) is 0 Å². The maximum absolute atomic E-state index is 11.3. The third-order valence-corrected chi connectivity index (χ3v) is 6.26. The molecule has 0 aliphatic rings. The summed E-state index contributed by atoms with van der Waals surface area (Å²) in [6.45, 7) is 2.40. The van der Waals surface area contributed by atoms with Gasteiger partial charge in [0.1, 0.15) is 0 Å². The summed E-state index contributed by atoms with van der Waals surface area (Å²) >= 11 is 0. The second-order valence-corrected chi connectivity index (χ2v) is 9.02. The van der Waals surface area contributed by atoms with E-state index in [1.54, 1.807) is 0 Å².